The van der Waals surface area contributed by atoms with Gasteiger partial charge in [0.05, 0.1) is 0 Å². The lowest BCUT2D eigenvalue weighted by molar-refractivity contribution is 0.128. The fourth-order valence-electron chi connectivity index (χ4n) is 3.36. The highest BCUT2D eigenvalue weighted by Gasteiger charge is 2.37. The molecule has 8 heteroatoms. The normalized spacial score (nSPS) is 20.2. The predicted molar refractivity (Wildman–Crippen MR) is 114 cm³/mol. The molecule has 1 unspecified atom stereocenters. The molecule has 1 aromatic carbocycles. The Kier molecular flexibility index (Phi) is 5.59. The average Bonchev–Trinajstić information content (AvgIpc) is 3.12. The zero-order chi connectivity index (χ0) is 19.7. The van der Waals surface area contributed by atoms with E-state index in [0.717, 1.165) is 29.8 Å². The van der Waals surface area contributed by atoms with E-state index in [1.807, 2.05) is 12.1 Å². The SMILES string of the molecule is CCc1ccc(C(=S)OC2CCN(C)C(=O)N2c2nnc(C3CCC3)s2)cc1. The Hall–Kier alpha value is -2.06. The van der Waals surface area contributed by atoms with E-state index in [2.05, 4.69) is 29.3 Å². The second kappa shape index (κ2) is 8.13. The van der Waals surface area contributed by atoms with Gasteiger partial charge in [-0.25, -0.2) is 9.69 Å². The van der Waals surface area contributed by atoms with Crippen LogP contribution < -0.4 is 4.90 Å². The first-order valence-electron chi connectivity index (χ1n) is 9.74. The van der Waals surface area contributed by atoms with E-state index < -0.39 is 6.23 Å². The lowest BCUT2D eigenvalue weighted by atomic mass is 9.86. The van der Waals surface area contributed by atoms with E-state index in [-0.39, 0.29) is 6.03 Å². The molecule has 2 amide bonds. The summed E-state index contributed by atoms with van der Waals surface area (Å²) in [5, 5.41) is 10.6. The molecule has 1 atom stereocenters. The van der Waals surface area contributed by atoms with E-state index in [9.17, 15) is 4.79 Å². The maximum Gasteiger partial charge on any atom is 0.329 e. The minimum absolute atomic E-state index is 0.128. The quantitative estimate of drug-likeness (QED) is 0.678. The molecule has 1 aromatic heterocycles. The number of aryl methyl sites for hydroxylation is 1. The van der Waals surface area contributed by atoms with Crippen molar-refractivity contribution in [1.82, 2.24) is 15.1 Å². The van der Waals surface area contributed by atoms with Gasteiger partial charge in [-0.1, -0.05) is 48.9 Å². The smallest absolute Gasteiger partial charge is 0.329 e. The molecule has 2 fully saturated rings. The zero-order valence-electron chi connectivity index (χ0n) is 16.1. The van der Waals surface area contributed by atoms with Crippen molar-refractivity contribution in [2.75, 3.05) is 18.5 Å². The fourth-order valence-corrected chi connectivity index (χ4v) is 4.66. The molecule has 2 heterocycles. The largest absolute Gasteiger partial charge is 0.459 e. The lowest BCUT2D eigenvalue weighted by Gasteiger charge is -2.37. The molecular formula is C20H24N4O2S2. The second-order valence-corrected chi connectivity index (χ2v) is 8.68. The van der Waals surface area contributed by atoms with Gasteiger partial charge >= 0.3 is 6.03 Å². The number of ether oxygens (including phenoxy) is 1. The molecule has 0 bridgehead atoms. The Labute approximate surface area is 174 Å². The maximum atomic E-state index is 12.9. The van der Waals surface area contributed by atoms with Gasteiger partial charge in [0.15, 0.2) is 11.3 Å². The highest BCUT2D eigenvalue weighted by molar-refractivity contribution is 7.80. The summed E-state index contributed by atoms with van der Waals surface area (Å²) in [6, 6.07) is 7.93. The summed E-state index contributed by atoms with van der Waals surface area (Å²) < 4.78 is 6.10. The van der Waals surface area contributed by atoms with Crippen molar-refractivity contribution < 1.29 is 9.53 Å². The number of benzene rings is 1. The summed E-state index contributed by atoms with van der Waals surface area (Å²) in [6.07, 6.45) is 4.71. The summed E-state index contributed by atoms with van der Waals surface area (Å²) in [4.78, 5) is 16.2. The third kappa shape index (κ3) is 3.75. The number of hydrogen-bond acceptors (Lipinski definition) is 6. The second-order valence-electron chi connectivity index (χ2n) is 7.32. The van der Waals surface area contributed by atoms with Gasteiger partial charge in [-0.05, 0) is 37.0 Å². The van der Waals surface area contributed by atoms with Crippen LogP contribution >= 0.6 is 23.6 Å². The van der Waals surface area contributed by atoms with Crippen LogP contribution in [0, 0.1) is 0 Å². The minimum atomic E-state index is -0.468. The van der Waals surface area contributed by atoms with Crippen molar-refractivity contribution in [3.05, 3.63) is 40.4 Å². The number of amides is 2. The van der Waals surface area contributed by atoms with E-state index in [4.69, 9.17) is 17.0 Å². The maximum absolute atomic E-state index is 12.9. The summed E-state index contributed by atoms with van der Waals surface area (Å²) in [7, 11) is 1.79. The van der Waals surface area contributed by atoms with Crippen molar-refractivity contribution in [2.45, 2.75) is 51.2 Å². The van der Waals surface area contributed by atoms with Gasteiger partial charge in [0.2, 0.25) is 5.13 Å². The molecule has 0 spiro atoms. The molecule has 2 aliphatic rings. The van der Waals surface area contributed by atoms with Crippen molar-refractivity contribution in [1.29, 1.82) is 0 Å². The molecule has 2 aromatic rings. The Bertz CT molecular complexity index is 863. The summed E-state index contributed by atoms with van der Waals surface area (Å²) >= 11 is 7.01. The molecule has 1 aliphatic carbocycles. The van der Waals surface area contributed by atoms with Crippen LogP contribution in [0.25, 0.3) is 0 Å². The number of urea groups is 1. The van der Waals surface area contributed by atoms with Gasteiger partial charge in [0.25, 0.3) is 0 Å². The van der Waals surface area contributed by atoms with Crippen LogP contribution in [0.1, 0.15) is 54.7 Å². The summed E-state index contributed by atoms with van der Waals surface area (Å²) in [6.45, 7) is 2.73. The van der Waals surface area contributed by atoms with Gasteiger partial charge in [-0.15, -0.1) is 10.2 Å². The Morgan fingerprint density at radius 1 is 1.25 bits per heavy atom. The molecular weight excluding hydrogens is 392 g/mol. The standard InChI is InChI=1S/C20H24N4O2S2/c1-3-13-7-9-15(10-8-13)18(27)26-16-11-12-23(2)20(25)24(16)19-22-21-17(28-19)14-5-4-6-14/h7-10,14,16H,3-6,11-12H2,1-2H3. The molecule has 28 heavy (non-hydrogen) atoms. The van der Waals surface area contributed by atoms with Crippen LogP contribution in [-0.4, -0.2) is 46.0 Å². The van der Waals surface area contributed by atoms with Gasteiger partial charge in [0, 0.05) is 31.5 Å². The van der Waals surface area contributed by atoms with Gasteiger partial charge < -0.3 is 9.64 Å². The number of carbonyl (C=O) groups is 1. The number of carbonyl (C=O) groups excluding carboxylic acids is 1. The van der Waals surface area contributed by atoms with Crippen molar-refractivity contribution in [2.24, 2.45) is 0 Å². The summed E-state index contributed by atoms with van der Waals surface area (Å²) in [5.41, 5.74) is 2.10. The molecule has 0 N–H and O–H groups in total. The van der Waals surface area contributed by atoms with Gasteiger partial charge in [-0.3, -0.25) is 0 Å². The molecule has 1 saturated heterocycles. The first kappa shape index (κ1) is 19.3. The van der Waals surface area contributed by atoms with Gasteiger partial charge in [0.1, 0.15) is 5.01 Å². The van der Waals surface area contributed by atoms with Gasteiger partial charge in [-0.2, -0.15) is 0 Å². The first-order valence-corrected chi connectivity index (χ1v) is 11.0. The Morgan fingerprint density at radius 3 is 2.64 bits per heavy atom. The Morgan fingerprint density at radius 2 is 2.00 bits per heavy atom. The monoisotopic (exact) mass is 416 g/mol. The number of nitrogens with zero attached hydrogens (tertiary/aromatic N) is 4. The van der Waals surface area contributed by atoms with Crippen molar-refractivity contribution >= 4 is 39.8 Å². The summed E-state index contributed by atoms with van der Waals surface area (Å²) in [5.74, 6) is 0.487. The van der Waals surface area contributed by atoms with Crippen LogP contribution in [0.2, 0.25) is 0 Å². The molecule has 0 radical (unpaired) electrons. The van der Waals surface area contributed by atoms with Crippen LogP contribution in [0.3, 0.4) is 0 Å². The topological polar surface area (TPSA) is 58.6 Å². The van der Waals surface area contributed by atoms with Crippen LogP contribution in [0.4, 0.5) is 9.93 Å². The predicted octanol–water partition coefficient (Wildman–Crippen LogP) is 4.35. The molecule has 4 rings (SSSR count). The third-order valence-electron chi connectivity index (χ3n) is 5.46. The van der Waals surface area contributed by atoms with E-state index >= 15 is 0 Å². The number of aromatic nitrogens is 2. The third-order valence-corrected chi connectivity index (χ3v) is 6.88. The van der Waals surface area contributed by atoms with E-state index in [0.29, 0.717) is 29.1 Å². The highest BCUT2D eigenvalue weighted by Crippen LogP contribution is 2.40. The van der Waals surface area contributed by atoms with Crippen LogP contribution in [0.15, 0.2) is 24.3 Å². The fraction of sp³-hybridized carbons (Fsp3) is 0.500. The first-order chi connectivity index (χ1) is 13.6. The van der Waals surface area contributed by atoms with E-state index in [1.165, 1.54) is 23.3 Å². The molecule has 6 nitrogen and oxygen atoms in total. The zero-order valence-corrected chi connectivity index (χ0v) is 17.8. The van der Waals surface area contributed by atoms with Crippen LogP contribution in [-0.2, 0) is 11.2 Å². The van der Waals surface area contributed by atoms with E-state index in [1.54, 1.807) is 16.8 Å². The molecule has 148 valence electrons. The van der Waals surface area contributed by atoms with Crippen molar-refractivity contribution in [3.8, 4) is 0 Å². The minimum Gasteiger partial charge on any atom is -0.459 e. The Balaban J connectivity index is 1.53. The van der Waals surface area contributed by atoms with Crippen molar-refractivity contribution in [3.63, 3.8) is 0 Å². The molecule has 1 aliphatic heterocycles. The number of rotatable bonds is 5. The number of anilines is 1. The highest BCUT2D eigenvalue weighted by atomic mass is 32.1. The number of hydrogen-bond donors (Lipinski definition) is 0. The van der Waals surface area contributed by atoms with Crippen LogP contribution in [0.5, 0.6) is 0 Å². The average molecular weight is 417 g/mol. The lowest BCUT2D eigenvalue weighted by Crippen LogP contribution is -2.54. The number of thiocarbonyl (C=S) groups is 1. The molecule has 1 saturated carbocycles.